The van der Waals surface area contributed by atoms with Gasteiger partial charge in [-0.3, -0.25) is 0 Å². The van der Waals surface area contributed by atoms with Gasteiger partial charge < -0.3 is 10.1 Å². The van der Waals surface area contributed by atoms with Crippen LogP contribution in [0.2, 0.25) is 5.02 Å². The van der Waals surface area contributed by atoms with E-state index in [2.05, 4.69) is 11.4 Å². The molecule has 0 spiro atoms. The molecule has 0 saturated heterocycles. The lowest BCUT2D eigenvalue weighted by Crippen LogP contribution is -2.00. The summed E-state index contributed by atoms with van der Waals surface area (Å²) in [5, 5.41) is 12.7. The Morgan fingerprint density at radius 2 is 1.95 bits per heavy atom. The highest BCUT2D eigenvalue weighted by Gasteiger charge is 2.02. The lowest BCUT2D eigenvalue weighted by Gasteiger charge is -2.09. The Morgan fingerprint density at radius 3 is 2.58 bits per heavy atom. The van der Waals surface area contributed by atoms with Gasteiger partial charge in [-0.15, -0.1) is 0 Å². The van der Waals surface area contributed by atoms with E-state index in [0.717, 1.165) is 17.0 Å². The van der Waals surface area contributed by atoms with E-state index in [9.17, 15) is 0 Å². The van der Waals surface area contributed by atoms with Crippen molar-refractivity contribution in [1.29, 1.82) is 5.26 Å². The fourth-order valence-electron chi connectivity index (χ4n) is 1.67. The van der Waals surface area contributed by atoms with Gasteiger partial charge in [-0.05, 0) is 35.9 Å². The van der Waals surface area contributed by atoms with Crippen molar-refractivity contribution in [3.05, 3.63) is 58.6 Å². The Hall–Kier alpha value is -2.18. The predicted molar refractivity (Wildman–Crippen MR) is 76.5 cm³/mol. The lowest BCUT2D eigenvalue weighted by molar-refractivity contribution is 0.414. The highest BCUT2D eigenvalue weighted by molar-refractivity contribution is 6.33. The fraction of sp³-hybridized carbons (Fsp3) is 0.133. The maximum atomic E-state index is 8.86. The van der Waals surface area contributed by atoms with Crippen molar-refractivity contribution in [3.8, 4) is 11.8 Å². The molecule has 0 aliphatic rings. The molecule has 0 heterocycles. The van der Waals surface area contributed by atoms with E-state index in [4.69, 9.17) is 21.6 Å². The largest absolute Gasteiger partial charge is 0.497 e. The summed E-state index contributed by atoms with van der Waals surface area (Å²) in [6.45, 7) is 0.637. The van der Waals surface area contributed by atoms with E-state index in [0.29, 0.717) is 17.1 Å². The third-order valence-corrected chi connectivity index (χ3v) is 3.07. The summed E-state index contributed by atoms with van der Waals surface area (Å²) < 4.78 is 5.10. The summed E-state index contributed by atoms with van der Waals surface area (Å²) in [7, 11) is 1.64. The quantitative estimate of drug-likeness (QED) is 0.920. The van der Waals surface area contributed by atoms with Crippen LogP contribution < -0.4 is 10.1 Å². The molecule has 1 N–H and O–H groups in total. The van der Waals surface area contributed by atoms with Gasteiger partial charge in [0.15, 0.2) is 0 Å². The van der Waals surface area contributed by atoms with Crippen molar-refractivity contribution in [2.24, 2.45) is 0 Å². The van der Waals surface area contributed by atoms with Crippen molar-refractivity contribution < 1.29 is 4.74 Å². The number of benzene rings is 2. The van der Waals surface area contributed by atoms with Crippen molar-refractivity contribution >= 4 is 17.3 Å². The van der Waals surface area contributed by atoms with Crippen LogP contribution in [0.3, 0.4) is 0 Å². The summed E-state index contributed by atoms with van der Waals surface area (Å²) in [4.78, 5) is 0. The molecule has 96 valence electrons. The number of hydrogen-bond acceptors (Lipinski definition) is 3. The molecule has 2 aromatic carbocycles. The molecule has 19 heavy (non-hydrogen) atoms. The second-order valence-corrected chi connectivity index (χ2v) is 4.42. The highest BCUT2D eigenvalue weighted by Crippen LogP contribution is 2.23. The number of anilines is 1. The average Bonchev–Trinajstić information content (AvgIpc) is 2.47. The lowest BCUT2D eigenvalue weighted by atomic mass is 10.2. The van der Waals surface area contributed by atoms with Crippen LogP contribution in [0.25, 0.3) is 0 Å². The molecule has 0 bridgehead atoms. The second-order valence-electron chi connectivity index (χ2n) is 4.01. The monoisotopic (exact) mass is 272 g/mol. The molecule has 2 rings (SSSR count). The SMILES string of the molecule is COc1ccc(CNc2cc(C#N)ccc2Cl)cc1. The molecule has 0 unspecified atom stereocenters. The number of methoxy groups -OCH3 is 1. The van der Waals surface area contributed by atoms with E-state index in [1.54, 1.807) is 25.3 Å². The highest BCUT2D eigenvalue weighted by atomic mass is 35.5. The summed E-state index contributed by atoms with van der Waals surface area (Å²) in [5.41, 5.74) is 2.46. The van der Waals surface area contributed by atoms with Crippen LogP contribution in [0.15, 0.2) is 42.5 Å². The third-order valence-electron chi connectivity index (χ3n) is 2.74. The molecule has 2 aromatic rings. The zero-order valence-electron chi connectivity index (χ0n) is 10.5. The van der Waals surface area contributed by atoms with Gasteiger partial charge in [0.2, 0.25) is 0 Å². The third kappa shape index (κ3) is 3.40. The molecule has 0 fully saturated rings. The van der Waals surface area contributed by atoms with E-state index in [-0.39, 0.29) is 0 Å². The first-order valence-electron chi connectivity index (χ1n) is 5.79. The minimum atomic E-state index is 0.585. The first kappa shape index (κ1) is 13.3. The minimum Gasteiger partial charge on any atom is -0.497 e. The van der Waals surface area contributed by atoms with Crippen LogP contribution in [-0.2, 0) is 6.54 Å². The molecule has 3 nitrogen and oxygen atoms in total. The van der Waals surface area contributed by atoms with Crippen LogP contribution >= 0.6 is 11.6 Å². The molecule has 0 aromatic heterocycles. The Bertz CT molecular complexity index is 603. The molecule has 4 heteroatoms. The minimum absolute atomic E-state index is 0.585. The Kier molecular flexibility index (Phi) is 4.27. The van der Waals surface area contributed by atoms with Crippen LogP contribution in [0, 0.1) is 11.3 Å². The van der Waals surface area contributed by atoms with Gasteiger partial charge in [0.25, 0.3) is 0 Å². The average molecular weight is 273 g/mol. The number of nitrogens with zero attached hydrogens (tertiary/aromatic N) is 1. The van der Waals surface area contributed by atoms with Gasteiger partial charge in [0.05, 0.1) is 29.5 Å². The summed E-state index contributed by atoms with van der Waals surface area (Å²) in [5.74, 6) is 0.827. The predicted octanol–water partition coefficient (Wildman–Crippen LogP) is 3.83. The van der Waals surface area contributed by atoms with E-state index < -0.39 is 0 Å². The Balaban J connectivity index is 2.07. The molecular weight excluding hydrogens is 260 g/mol. The standard InChI is InChI=1S/C15H13ClN2O/c1-19-13-5-2-11(3-6-13)10-18-15-8-12(9-17)4-7-14(15)16/h2-8,18H,10H2,1H3. The summed E-state index contributed by atoms with van der Waals surface area (Å²) >= 11 is 6.08. The number of halogens is 1. The smallest absolute Gasteiger partial charge is 0.118 e. The van der Waals surface area contributed by atoms with Crippen molar-refractivity contribution in [1.82, 2.24) is 0 Å². The maximum absolute atomic E-state index is 8.86. The number of ether oxygens (including phenoxy) is 1. The molecule has 0 atom stereocenters. The number of nitriles is 1. The van der Waals surface area contributed by atoms with Crippen molar-refractivity contribution in [2.75, 3.05) is 12.4 Å². The molecule has 0 amide bonds. The number of rotatable bonds is 4. The zero-order chi connectivity index (χ0) is 13.7. The van der Waals surface area contributed by atoms with Gasteiger partial charge in [0.1, 0.15) is 5.75 Å². The first-order chi connectivity index (χ1) is 9.22. The number of hydrogen-bond donors (Lipinski definition) is 1. The normalized spacial score (nSPS) is 9.74. The molecule has 0 aliphatic carbocycles. The maximum Gasteiger partial charge on any atom is 0.118 e. The summed E-state index contributed by atoms with van der Waals surface area (Å²) in [6.07, 6.45) is 0. The first-order valence-corrected chi connectivity index (χ1v) is 6.17. The van der Waals surface area contributed by atoms with E-state index in [1.165, 1.54) is 0 Å². The Labute approximate surface area is 117 Å². The van der Waals surface area contributed by atoms with Crippen molar-refractivity contribution in [2.45, 2.75) is 6.54 Å². The van der Waals surface area contributed by atoms with Gasteiger partial charge in [0, 0.05) is 6.54 Å². The number of nitrogens with one attached hydrogen (secondary N) is 1. The van der Waals surface area contributed by atoms with E-state index in [1.807, 2.05) is 24.3 Å². The van der Waals surface area contributed by atoms with Gasteiger partial charge in [-0.1, -0.05) is 23.7 Å². The molecule has 0 saturated carbocycles. The molecular formula is C15H13ClN2O. The van der Waals surface area contributed by atoms with Gasteiger partial charge in [-0.25, -0.2) is 0 Å². The van der Waals surface area contributed by atoms with E-state index >= 15 is 0 Å². The fourth-order valence-corrected chi connectivity index (χ4v) is 1.86. The van der Waals surface area contributed by atoms with Gasteiger partial charge in [-0.2, -0.15) is 5.26 Å². The van der Waals surface area contributed by atoms with Crippen LogP contribution in [0.5, 0.6) is 5.75 Å². The Morgan fingerprint density at radius 1 is 1.21 bits per heavy atom. The van der Waals surface area contributed by atoms with Gasteiger partial charge >= 0.3 is 0 Å². The van der Waals surface area contributed by atoms with Crippen LogP contribution in [0.4, 0.5) is 5.69 Å². The summed E-state index contributed by atoms with van der Waals surface area (Å²) in [6, 6.07) is 15.0. The van der Waals surface area contributed by atoms with Crippen LogP contribution in [-0.4, -0.2) is 7.11 Å². The molecule has 0 aliphatic heterocycles. The molecule has 0 radical (unpaired) electrons. The second kappa shape index (κ2) is 6.12. The van der Waals surface area contributed by atoms with Crippen molar-refractivity contribution in [3.63, 3.8) is 0 Å². The zero-order valence-corrected chi connectivity index (χ0v) is 11.2. The topological polar surface area (TPSA) is 45.0 Å². The van der Waals surface area contributed by atoms with Crippen LogP contribution in [0.1, 0.15) is 11.1 Å².